The molecule has 2 fully saturated rings. The Labute approximate surface area is 169 Å². The molecule has 0 radical (unpaired) electrons. The number of rotatable bonds is 6. The smallest absolute Gasteiger partial charge is 0.333 e. The van der Waals surface area contributed by atoms with Gasteiger partial charge >= 0.3 is 5.97 Å². The summed E-state index contributed by atoms with van der Waals surface area (Å²) in [5.74, 6) is 0.0382. The number of carbonyl (C=O) groups is 2. The molecule has 2 saturated heterocycles. The van der Waals surface area contributed by atoms with E-state index in [0.29, 0.717) is 23.9 Å². The van der Waals surface area contributed by atoms with Crippen LogP contribution in [-0.4, -0.2) is 73.3 Å². The standard InChI is InChI=1S/C19H24ClN3O3S/c1-2-26-19(25)13-18-23(17(24)14-27-18)11-8-21-6-9-22(10-7-21)16-5-3-4-15(20)12-16/h3-5,12-13H,2,6-11,14H2,1H3/b18-13-. The molecule has 2 aliphatic heterocycles. The van der Waals surface area contributed by atoms with Crippen LogP contribution < -0.4 is 4.90 Å². The van der Waals surface area contributed by atoms with Crippen molar-refractivity contribution < 1.29 is 14.3 Å². The van der Waals surface area contributed by atoms with Gasteiger partial charge in [-0.3, -0.25) is 9.69 Å². The molecule has 0 aliphatic carbocycles. The van der Waals surface area contributed by atoms with Crippen molar-refractivity contribution in [1.29, 1.82) is 0 Å². The molecule has 0 bridgehead atoms. The van der Waals surface area contributed by atoms with Crippen molar-refractivity contribution in [3.05, 3.63) is 40.4 Å². The number of hydrogen-bond acceptors (Lipinski definition) is 6. The summed E-state index contributed by atoms with van der Waals surface area (Å²) in [6, 6.07) is 7.92. The van der Waals surface area contributed by atoms with Gasteiger partial charge in [0.2, 0.25) is 5.91 Å². The zero-order chi connectivity index (χ0) is 19.2. The number of amides is 1. The molecule has 146 valence electrons. The third-order valence-corrected chi connectivity index (χ3v) is 5.88. The molecule has 8 heteroatoms. The normalized spacial score (nSPS) is 19.8. The Morgan fingerprint density at radius 3 is 2.74 bits per heavy atom. The van der Waals surface area contributed by atoms with Gasteiger partial charge in [-0.05, 0) is 25.1 Å². The van der Waals surface area contributed by atoms with Crippen LogP contribution in [0.2, 0.25) is 5.02 Å². The molecule has 3 rings (SSSR count). The maximum Gasteiger partial charge on any atom is 0.333 e. The maximum atomic E-state index is 12.1. The molecule has 0 atom stereocenters. The largest absolute Gasteiger partial charge is 0.463 e. The van der Waals surface area contributed by atoms with Crippen molar-refractivity contribution in [2.75, 3.05) is 56.5 Å². The third kappa shape index (κ3) is 5.40. The molecule has 1 amide bonds. The fourth-order valence-electron chi connectivity index (χ4n) is 3.20. The predicted octanol–water partition coefficient (Wildman–Crippen LogP) is 2.44. The van der Waals surface area contributed by atoms with Crippen LogP contribution >= 0.6 is 23.4 Å². The number of halogens is 1. The number of esters is 1. The Balaban J connectivity index is 1.50. The van der Waals surface area contributed by atoms with E-state index in [9.17, 15) is 9.59 Å². The number of hydrogen-bond donors (Lipinski definition) is 0. The molecular formula is C19H24ClN3O3S. The second-order valence-electron chi connectivity index (χ2n) is 6.38. The van der Waals surface area contributed by atoms with Crippen LogP contribution in [0.1, 0.15) is 6.92 Å². The minimum absolute atomic E-state index is 0.0492. The summed E-state index contributed by atoms with van der Waals surface area (Å²) in [6.45, 7) is 7.19. The van der Waals surface area contributed by atoms with E-state index in [4.69, 9.17) is 16.3 Å². The van der Waals surface area contributed by atoms with Gasteiger partial charge in [0.05, 0.1) is 23.5 Å². The monoisotopic (exact) mass is 409 g/mol. The maximum absolute atomic E-state index is 12.1. The van der Waals surface area contributed by atoms with E-state index < -0.39 is 5.97 Å². The summed E-state index contributed by atoms with van der Waals surface area (Å²) >= 11 is 7.48. The first-order valence-corrected chi connectivity index (χ1v) is 10.5. The third-order valence-electron chi connectivity index (χ3n) is 4.62. The van der Waals surface area contributed by atoms with E-state index in [2.05, 4.69) is 15.9 Å². The molecule has 0 N–H and O–H groups in total. The number of thioether (sulfide) groups is 1. The van der Waals surface area contributed by atoms with E-state index in [-0.39, 0.29) is 5.91 Å². The number of nitrogens with zero attached hydrogens (tertiary/aromatic N) is 3. The lowest BCUT2D eigenvalue weighted by Gasteiger charge is -2.36. The molecule has 2 heterocycles. The van der Waals surface area contributed by atoms with Crippen LogP contribution in [-0.2, 0) is 14.3 Å². The summed E-state index contributed by atoms with van der Waals surface area (Å²) in [4.78, 5) is 30.2. The Kier molecular flexibility index (Phi) is 7.04. The first-order chi connectivity index (χ1) is 13.1. The van der Waals surface area contributed by atoms with E-state index in [1.165, 1.54) is 17.8 Å². The average Bonchev–Trinajstić information content (AvgIpc) is 3.00. The predicted molar refractivity (Wildman–Crippen MR) is 109 cm³/mol. The minimum Gasteiger partial charge on any atom is -0.463 e. The van der Waals surface area contributed by atoms with Crippen LogP contribution in [0.15, 0.2) is 35.4 Å². The highest BCUT2D eigenvalue weighted by Crippen LogP contribution is 2.28. The first-order valence-electron chi connectivity index (χ1n) is 9.11. The van der Waals surface area contributed by atoms with E-state index in [0.717, 1.165) is 43.4 Å². The lowest BCUT2D eigenvalue weighted by molar-refractivity contribution is -0.137. The summed E-state index contributed by atoms with van der Waals surface area (Å²) in [7, 11) is 0. The molecule has 1 aromatic rings. The van der Waals surface area contributed by atoms with Gasteiger partial charge in [0.1, 0.15) is 0 Å². The Morgan fingerprint density at radius 1 is 1.26 bits per heavy atom. The highest BCUT2D eigenvalue weighted by Gasteiger charge is 2.28. The van der Waals surface area contributed by atoms with Gasteiger partial charge in [-0.25, -0.2) is 4.79 Å². The van der Waals surface area contributed by atoms with Crippen LogP contribution in [0.4, 0.5) is 5.69 Å². The molecule has 2 aliphatic rings. The highest BCUT2D eigenvalue weighted by atomic mass is 35.5. The van der Waals surface area contributed by atoms with Crippen molar-refractivity contribution >= 4 is 40.9 Å². The van der Waals surface area contributed by atoms with Crippen molar-refractivity contribution in [2.24, 2.45) is 0 Å². The van der Waals surface area contributed by atoms with E-state index in [1.807, 2.05) is 18.2 Å². The van der Waals surface area contributed by atoms with Crippen molar-refractivity contribution in [3.63, 3.8) is 0 Å². The van der Waals surface area contributed by atoms with Crippen LogP contribution in [0, 0.1) is 0 Å². The Morgan fingerprint density at radius 2 is 2.04 bits per heavy atom. The summed E-state index contributed by atoms with van der Waals surface area (Å²) < 4.78 is 4.95. The molecule has 0 spiro atoms. The first kappa shape index (κ1) is 20.0. The summed E-state index contributed by atoms with van der Waals surface area (Å²) in [5.41, 5.74) is 1.15. The fourth-order valence-corrected chi connectivity index (χ4v) is 4.34. The van der Waals surface area contributed by atoms with Crippen molar-refractivity contribution in [3.8, 4) is 0 Å². The zero-order valence-electron chi connectivity index (χ0n) is 15.4. The summed E-state index contributed by atoms with van der Waals surface area (Å²) in [5, 5.41) is 1.44. The molecule has 0 aromatic heterocycles. The Bertz CT molecular complexity index is 720. The van der Waals surface area contributed by atoms with Gasteiger partial charge in [0, 0.05) is 50.0 Å². The van der Waals surface area contributed by atoms with Crippen LogP contribution in [0.5, 0.6) is 0 Å². The second kappa shape index (κ2) is 9.48. The zero-order valence-corrected chi connectivity index (χ0v) is 17.0. The lowest BCUT2D eigenvalue weighted by Crippen LogP contribution is -2.48. The fraction of sp³-hybridized carbons (Fsp3) is 0.474. The molecule has 1 aromatic carbocycles. The van der Waals surface area contributed by atoms with Crippen molar-refractivity contribution in [2.45, 2.75) is 6.92 Å². The lowest BCUT2D eigenvalue weighted by atomic mass is 10.2. The van der Waals surface area contributed by atoms with Crippen molar-refractivity contribution in [1.82, 2.24) is 9.80 Å². The molecular weight excluding hydrogens is 386 g/mol. The van der Waals surface area contributed by atoms with E-state index >= 15 is 0 Å². The topological polar surface area (TPSA) is 53.1 Å². The molecule has 0 unspecified atom stereocenters. The number of carbonyl (C=O) groups excluding carboxylic acids is 2. The van der Waals surface area contributed by atoms with Gasteiger partial charge < -0.3 is 14.5 Å². The van der Waals surface area contributed by atoms with Gasteiger partial charge in [-0.2, -0.15) is 0 Å². The van der Waals surface area contributed by atoms with Gasteiger partial charge in [0.15, 0.2) is 0 Å². The molecule has 0 saturated carbocycles. The minimum atomic E-state index is -0.394. The second-order valence-corrected chi connectivity index (χ2v) is 7.81. The van der Waals surface area contributed by atoms with Crippen LogP contribution in [0.3, 0.4) is 0 Å². The average molecular weight is 410 g/mol. The number of ether oxygens (including phenoxy) is 1. The highest BCUT2D eigenvalue weighted by molar-refractivity contribution is 8.04. The Hall–Kier alpha value is -1.70. The quantitative estimate of drug-likeness (QED) is 0.531. The number of benzene rings is 1. The summed E-state index contributed by atoms with van der Waals surface area (Å²) in [6.07, 6.45) is 1.43. The number of piperazine rings is 1. The SMILES string of the molecule is CCOC(=O)/C=C1\SCC(=O)N1CCN1CCN(c2cccc(Cl)c2)CC1. The van der Waals surface area contributed by atoms with Gasteiger partial charge in [-0.1, -0.05) is 29.4 Å². The molecule has 6 nitrogen and oxygen atoms in total. The van der Waals surface area contributed by atoms with Gasteiger partial charge in [0.25, 0.3) is 0 Å². The van der Waals surface area contributed by atoms with Gasteiger partial charge in [-0.15, -0.1) is 0 Å². The van der Waals surface area contributed by atoms with Crippen LogP contribution in [0.25, 0.3) is 0 Å². The van der Waals surface area contributed by atoms with E-state index in [1.54, 1.807) is 11.8 Å². The number of anilines is 1. The molecule has 27 heavy (non-hydrogen) atoms.